The molecule has 37 valence electrons. The Labute approximate surface area is 46.6 Å². The lowest BCUT2D eigenvalue weighted by molar-refractivity contribution is 1.14. The van der Waals surface area contributed by atoms with Crippen LogP contribution in [-0.4, -0.2) is 9.97 Å². The van der Waals surface area contributed by atoms with E-state index in [-0.39, 0.29) is 0 Å². The maximum atomic E-state index is 8.18. The van der Waals surface area contributed by atoms with Crippen LogP contribution in [0, 0.1) is 17.5 Å². The normalized spacial score (nSPS) is 7.88. The predicted molar refractivity (Wildman–Crippen MR) is 25.6 cm³/mol. The van der Waals surface area contributed by atoms with Gasteiger partial charge in [0, 0.05) is 6.20 Å². The van der Waals surface area contributed by atoms with Crippen molar-refractivity contribution in [3.63, 3.8) is 0 Å². The Balaban J connectivity index is 3.05. The summed E-state index contributed by atoms with van der Waals surface area (Å²) in [6.07, 6.45) is 5.19. The fourth-order valence-electron chi connectivity index (χ4n) is 0.322. The third kappa shape index (κ3) is 0.793. The Hall–Kier alpha value is -1.43. The first-order valence-corrected chi connectivity index (χ1v) is 2.01. The van der Waals surface area contributed by atoms with Crippen LogP contribution in [0.3, 0.4) is 0 Å². The van der Waals surface area contributed by atoms with Gasteiger partial charge in [0.05, 0.1) is 5.56 Å². The average Bonchev–Trinajstić information content (AvgIpc) is 1.90. The summed E-state index contributed by atoms with van der Waals surface area (Å²) in [7, 11) is 0. The third-order valence-electron chi connectivity index (χ3n) is 0.633. The topological polar surface area (TPSA) is 49.6 Å². The van der Waals surface area contributed by atoms with Crippen LogP contribution in [-0.2, 0) is 0 Å². The summed E-state index contributed by atoms with van der Waals surface area (Å²) in [6, 6.07) is 1.85. The lowest BCUT2D eigenvalue weighted by Crippen LogP contribution is -1.78. The van der Waals surface area contributed by atoms with E-state index in [1.807, 2.05) is 6.07 Å². The van der Waals surface area contributed by atoms with Gasteiger partial charge >= 0.3 is 0 Å². The highest BCUT2D eigenvalue weighted by atomic mass is 14.8. The third-order valence-corrected chi connectivity index (χ3v) is 0.633. The van der Waals surface area contributed by atoms with E-state index >= 15 is 0 Å². The molecule has 1 aromatic heterocycles. The number of hydrogen-bond donors (Lipinski definition) is 0. The van der Waals surface area contributed by atoms with E-state index in [9.17, 15) is 0 Å². The van der Waals surface area contributed by atoms with Crippen molar-refractivity contribution in [1.82, 2.24) is 9.97 Å². The Bertz CT molecular complexity index is 199. The second-order valence-corrected chi connectivity index (χ2v) is 1.16. The van der Waals surface area contributed by atoms with Crippen LogP contribution in [0.5, 0.6) is 0 Å². The molecule has 0 spiro atoms. The highest BCUT2D eigenvalue weighted by Crippen LogP contribution is 1.84. The molecule has 0 amide bonds. The number of hydrogen-bond acceptors (Lipinski definition) is 3. The Morgan fingerprint density at radius 3 is 3.00 bits per heavy atom. The molecule has 0 N–H and O–H groups in total. The molecule has 1 rings (SSSR count). The van der Waals surface area contributed by atoms with E-state index < -0.39 is 0 Å². The summed E-state index contributed by atoms with van der Waals surface area (Å²) in [5.41, 5.74) is 0.368. The lowest BCUT2D eigenvalue weighted by Gasteiger charge is -1.77. The summed E-state index contributed by atoms with van der Waals surface area (Å²) in [4.78, 5) is 7.09. The van der Waals surface area contributed by atoms with Crippen molar-refractivity contribution in [2.75, 3.05) is 0 Å². The second kappa shape index (κ2) is 2.03. The number of rotatable bonds is 0. The average molecular weight is 104 g/mol. The van der Waals surface area contributed by atoms with Crippen molar-refractivity contribution in [1.29, 1.82) is 5.26 Å². The largest absolute Gasteiger partial charge is 0.243 e. The van der Waals surface area contributed by atoms with Crippen molar-refractivity contribution >= 4 is 0 Å². The minimum absolute atomic E-state index is 0.368. The van der Waals surface area contributed by atoms with Gasteiger partial charge in [-0.05, 0) is 0 Å². The fourth-order valence-corrected chi connectivity index (χ4v) is 0.322. The van der Waals surface area contributed by atoms with Gasteiger partial charge in [0.2, 0.25) is 0 Å². The molecule has 3 nitrogen and oxygen atoms in total. The van der Waals surface area contributed by atoms with Gasteiger partial charge in [0.1, 0.15) is 18.6 Å². The summed E-state index contributed by atoms with van der Waals surface area (Å²) in [5.74, 6) is 0. The summed E-state index contributed by atoms with van der Waals surface area (Å²) in [5, 5.41) is 8.18. The first kappa shape index (κ1) is 4.72. The van der Waals surface area contributed by atoms with Crippen LogP contribution < -0.4 is 0 Å². The Morgan fingerprint density at radius 2 is 2.62 bits per heavy atom. The maximum Gasteiger partial charge on any atom is 0.116 e. The van der Waals surface area contributed by atoms with E-state index in [4.69, 9.17) is 5.26 Å². The first-order valence-electron chi connectivity index (χ1n) is 2.01. The summed E-state index contributed by atoms with van der Waals surface area (Å²) >= 11 is 0. The van der Waals surface area contributed by atoms with Crippen molar-refractivity contribution in [2.24, 2.45) is 0 Å². The zero-order chi connectivity index (χ0) is 5.82. The molecule has 0 saturated heterocycles. The molecule has 0 aromatic carbocycles. The van der Waals surface area contributed by atoms with E-state index in [0.29, 0.717) is 5.56 Å². The summed E-state index contributed by atoms with van der Waals surface area (Å²) in [6.45, 7) is 0. The van der Waals surface area contributed by atoms with Crippen LogP contribution in [0.4, 0.5) is 0 Å². The highest BCUT2D eigenvalue weighted by molar-refractivity contribution is 5.19. The van der Waals surface area contributed by atoms with Gasteiger partial charge in [0.25, 0.3) is 0 Å². The molecule has 3 heteroatoms. The zero-order valence-electron chi connectivity index (χ0n) is 4.00. The van der Waals surface area contributed by atoms with Gasteiger partial charge in [-0.1, -0.05) is 0 Å². The van der Waals surface area contributed by atoms with Crippen molar-refractivity contribution < 1.29 is 0 Å². The predicted octanol–water partition coefficient (Wildman–Crippen LogP) is 0.148. The van der Waals surface area contributed by atoms with Gasteiger partial charge in [-0.2, -0.15) is 5.26 Å². The van der Waals surface area contributed by atoms with Crippen LogP contribution in [0.15, 0.2) is 12.5 Å². The molecule has 1 radical (unpaired) electrons. The SMILES string of the molecule is N#Cc1[c]ncnc1. The fraction of sp³-hybridized carbons (Fsp3) is 0. The van der Waals surface area contributed by atoms with Crippen LogP contribution in [0.2, 0.25) is 0 Å². The monoisotopic (exact) mass is 104 g/mol. The van der Waals surface area contributed by atoms with E-state index in [2.05, 4.69) is 16.2 Å². The molecule has 0 atom stereocenters. The second-order valence-electron chi connectivity index (χ2n) is 1.16. The Kier molecular flexibility index (Phi) is 1.20. The molecule has 0 aliphatic rings. The van der Waals surface area contributed by atoms with Gasteiger partial charge in [-0.25, -0.2) is 9.97 Å². The van der Waals surface area contributed by atoms with E-state index in [1.165, 1.54) is 12.5 Å². The molecule has 1 aromatic rings. The maximum absolute atomic E-state index is 8.18. The Morgan fingerprint density at radius 1 is 1.75 bits per heavy atom. The van der Waals surface area contributed by atoms with Gasteiger partial charge in [0.15, 0.2) is 0 Å². The minimum Gasteiger partial charge on any atom is -0.243 e. The first-order chi connectivity index (χ1) is 3.93. The number of nitrogens with zero attached hydrogens (tertiary/aromatic N) is 3. The zero-order valence-corrected chi connectivity index (χ0v) is 4.00. The van der Waals surface area contributed by atoms with Gasteiger partial charge in [-0.3, -0.25) is 0 Å². The van der Waals surface area contributed by atoms with Gasteiger partial charge < -0.3 is 0 Å². The minimum atomic E-state index is 0.368. The molecule has 0 fully saturated rings. The lowest BCUT2D eigenvalue weighted by atomic mass is 10.4. The molecular weight excluding hydrogens is 102 g/mol. The molecule has 0 bridgehead atoms. The van der Waals surface area contributed by atoms with E-state index in [1.54, 1.807) is 0 Å². The van der Waals surface area contributed by atoms with Crippen LogP contribution in [0.25, 0.3) is 0 Å². The smallest absolute Gasteiger partial charge is 0.116 e. The highest BCUT2D eigenvalue weighted by Gasteiger charge is 1.83. The molecule has 0 saturated carbocycles. The van der Waals surface area contributed by atoms with Crippen molar-refractivity contribution in [3.8, 4) is 6.07 Å². The molecule has 8 heavy (non-hydrogen) atoms. The van der Waals surface area contributed by atoms with E-state index in [0.717, 1.165) is 0 Å². The standard InChI is InChI=1S/C5H2N3/c6-1-5-2-7-4-8-3-5/h2,4H. The van der Waals surface area contributed by atoms with Gasteiger partial charge in [-0.15, -0.1) is 0 Å². The quantitative estimate of drug-likeness (QED) is 0.470. The molecule has 0 aliphatic heterocycles. The molecular formula is C5H2N3. The molecule has 1 heterocycles. The van der Waals surface area contributed by atoms with Crippen molar-refractivity contribution in [2.45, 2.75) is 0 Å². The summed E-state index contributed by atoms with van der Waals surface area (Å²) < 4.78 is 0. The molecule has 0 unspecified atom stereocenters. The van der Waals surface area contributed by atoms with Crippen molar-refractivity contribution in [3.05, 3.63) is 24.3 Å². The van der Waals surface area contributed by atoms with Crippen LogP contribution >= 0.6 is 0 Å². The number of nitriles is 1. The van der Waals surface area contributed by atoms with Crippen LogP contribution in [0.1, 0.15) is 5.56 Å². The molecule has 0 aliphatic carbocycles. The number of aromatic nitrogens is 2.